The summed E-state index contributed by atoms with van der Waals surface area (Å²) >= 11 is 0. The van der Waals surface area contributed by atoms with Crippen molar-refractivity contribution in [1.82, 2.24) is 9.47 Å². The molecular formula is C19H28N3O4+. The van der Waals surface area contributed by atoms with Crippen molar-refractivity contribution in [3.05, 3.63) is 35.5 Å². The van der Waals surface area contributed by atoms with Gasteiger partial charge in [-0.3, -0.25) is 4.79 Å². The van der Waals surface area contributed by atoms with Gasteiger partial charge in [0.15, 0.2) is 0 Å². The molecule has 1 aromatic heterocycles. The number of benzene rings is 1. The third-order valence-corrected chi connectivity index (χ3v) is 5.17. The highest BCUT2D eigenvalue weighted by molar-refractivity contribution is 6.02. The zero-order valence-electron chi connectivity index (χ0n) is 15.2. The Labute approximate surface area is 153 Å². The molecule has 0 spiro atoms. The molecule has 1 aliphatic heterocycles. The van der Waals surface area contributed by atoms with Gasteiger partial charge in [-0.2, -0.15) is 0 Å². The number of amides is 1. The molecule has 0 bridgehead atoms. The highest BCUT2D eigenvalue weighted by atomic mass is 16.3. The number of nitrogens with zero attached hydrogens (tertiary/aromatic N) is 2. The fourth-order valence-corrected chi connectivity index (χ4v) is 3.88. The Morgan fingerprint density at radius 1 is 1.19 bits per heavy atom. The lowest BCUT2D eigenvalue weighted by Crippen LogP contribution is -3.14. The summed E-state index contributed by atoms with van der Waals surface area (Å²) in [5.41, 5.74) is 2.70. The summed E-state index contributed by atoms with van der Waals surface area (Å²) in [5, 5.41) is 30.0. The maximum atomic E-state index is 12.8. The van der Waals surface area contributed by atoms with Crippen molar-refractivity contribution in [2.45, 2.75) is 19.1 Å². The molecule has 0 saturated heterocycles. The summed E-state index contributed by atoms with van der Waals surface area (Å²) in [5.74, 6) is -0.00966. The van der Waals surface area contributed by atoms with E-state index in [1.165, 1.54) is 0 Å². The van der Waals surface area contributed by atoms with Crippen LogP contribution in [0.1, 0.15) is 16.1 Å². The van der Waals surface area contributed by atoms with Crippen LogP contribution in [0.15, 0.2) is 24.3 Å². The number of fused-ring (bicyclic) bond motifs is 3. The largest absolute Gasteiger partial charge is 0.391 e. The molecule has 1 unspecified atom stereocenters. The van der Waals surface area contributed by atoms with E-state index < -0.39 is 6.10 Å². The summed E-state index contributed by atoms with van der Waals surface area (Å²) in [7, 11) is 1.80. The van der Waals surface area contributed by atoms with Crippen molar-refractivity contribution in [3.8, 4) is 0 Å². The maximum Gasteiger partial charge on any atom is 0.270 e. The van der Waals surface area contributed by atoms with Crippen molar-refractivity contribution >= 4 is 16.8 Å². The molecule has 142 valence electrons. The smallest absolute Gasteiger partial charge is 0.270 e. The van der Waals surface area contributed by atoms with Gasteiger partial charge in [0.25, 0.3) is 5.91 Å². The van der Waals surface area contributed by atoms with Gasteiger partial charge in [0.1, 0.15) is 31.4 Å². The van der Waals surface area contributed by atoms with Gasteiger partial charge >= 0.3 is 0 Å². The first-order valence-electron chi connectivity index (χ1n) is 9.15. The van der Waals surface area contributed by atoms with Gasteiger partial charge in [0.05, 0.1) is 19.8 Å². The number of nitrogens with one attached hydrogen (secondary N) is 1. The number of carbonyl (C=O) groups excluding carboxylic acids is 1. The van der Waals surface area contributed by atoms with E-state index in [9.17, 15) is 9.90 Å². The van der Waals surface area contributed by atoms with Crippen LogP contribution < -0.4 is 4.90 Å². The van der Waals surface area contributed by atoms with Crippen LogP contribution >= 0.6 is 0 Å². The van der Waals surface area contributed by atoms with E-state index in [1.807, 2.05) is 28.8 Å². The number of quaternary nitrogens is 1. The molecule has 7 heteroatoms. The number of rotatable bonds is 8. The van der Waals surface area contributed by atoms with E-state index in [4.69, 9.17) is 10.2 Å². The fraction of sp³-hybridized carbons (Fsp3) is 0.526. The topological polar surface area (TPSA) is 90.4 Å². The van der Waals surface area contributed by atoms with E-state index in [0.717, 1.165) is 27.8 Å². The molecule has 26 heavy (non-hydrogen) atoms. The summed E-state index contributed by atoms with van der Waals surface area (Å²) < 4.78 is 1.93. The van der Waals surface area contributed by atoms with Crippen LogP contribution in [0.25, 0.3) is 10.9 Å². The Morgan fingerprint density at radius 3 is 2.58 bits per heavy atom. The average Bonchev–Trinajstić information content (AvgIpc) is 2.93. The minimum absolute atomic E-state index is 0.00713. The summed E-state index contributed by atoms with van der Waals surface area (Å²) in [6.45, 7) is 2.39. The van der Waals surface area contributed by atoms with Gasteiger partial charge in [0.2, 0.25) is 0 Å². The van der Waals surface area contributed by atoms with Crippen LogP contribution in [0.3, 0.4) is 0 Å². The lowest BCUT2D eigenvalue weighted by Gasteiger charge is -2.26. The Hall–Kier alpha value is -1.93. The standard InChI is InChI=1S/C19H27N3O4/c1-20-7-6-16-15-4-2-3-5-17(15)22(18(16)19(20)26)13-14(25)12-21(8-10-23)9-11-24/h2-5,14,23-25H,6-13H2,1H3/p+1. The zero-order valence-corrected chi connectivity index (χ0v) is 15.2. The molecular weight excluding hydrogens is 334 g/mol. The molecule has 0 aliphatic carbocycles. The molecule has 1 amide bonds. The van der Waals surface area contributed by atoms with Crippen molar-refractivity contribution in [3.63, 3.8) is 0 Å². The minimum atomic E-state index is -0.678. The lowest BCUT2D eigenvalue weighted by molar-refractivity contribution is -0.904. The highest BCUT2D eigenvalue weighted by Crippen LogP contribution is 2.30. The molecule has 1 aromatic carbocycles. The van der Waals surface area contributed by atoms with Crippen molar-refractivity contribution < 1.29 is 25.0 Å². The van der Waals surface area contributed by atoms with Crippen molar-refractivity contribution in [1.29, 1.82) is 0 Å². The Balaban J connectivity index is 1.91. The number of aliphatic hydroxyl groups is 3. The average molecular weight is 362 g/mol. The lowest BCUT2D eigenvalue weighted by atomic mass is 10.0. The molecule has 1 aliphatic rings. The number of hydrogen-bond donors (Lipinski definition) is 4. The zero-order chi connectivity index (χ0) is 18.7. The number of likely N-dealkylation sites (N-methyl/N-ethyl adjacent to an activating group) is 1. The molecule has 0 radical (unpaired) electrons. The number of hydrogen-bond acceptors (Lipinski definition) is 4. The van der Waals surface area contributed by atoms with Crippen LogP contribution in [-0.4, -0.2) is 83.2 Å². The van der Waals surface area contributed by atoms with E-state index in [2.05, 4.69) is 0 Å². The summed E-state index contributed by atoms with van der Waals surface area (Å²) in [6.07, 6.45) is 0.135. The highest BCUT2D eigenvalue weighted by Gasteiger charge is 2.30. The molecule has 7 nitrogen and oxygen atoms in total. The first kappa shape index (κ1) is 18.8. The van der Waals surface area contributed by atoms with Crippen LogP contribution in [0.2, 0.25) is 0 Å². The third kappa shape index (κ3) is 3.61. The first-order chi connectivity index (χ1) is 12.6. The van der Waals surface area contributed by atoms with Crippen LogP contribution in [0, 0.1) is 0 Å². The molecule has 0 saturated carbocycles. The Kier molecular flexibility index (Phi) is 5.93. The molecule has 1 atom stereocenters. The van der Waals surface area contributed by atoms with Gasteiger partial charge in [0, 0.05) is 24.5 Å². The van der Waals surface area contributed by atoms with Gasteiger partial charge < -0.3 is 29.7 Å². The normalized spacial score (nSPS) is 15.7. The van der Waals surface area contributed by atoms with E-state index >= 15 is 0 Å². The second-order valence-corrected chi connectivity index (χ2v) is 6.99. The third-order valence-electron chi connectivity index (χ3n) is 5.17. The number of para-hydroxylation sites is 1. The summed E-state index contributed by atoms with van der Waals surface area (Å²) in [6, 6.07) is 7.94. The number of aromatic nitrogens is 1. The van der Waals surface area contributed by atoms with E-state index in [1.54, 1.807) is 11.9 Å². The van der Waals surface area contributed by atoms with Crippen LogP contribution in [-0.2, 0) is 13.0 Å². The van der Waals surface area contributed by atoms with Gasteiger partial charge in [-0.05, 0) is 18.1 Å². The molecule has 3 rings (SSSR count). The predicted molar refractivity (Wildman–Crippen MR) is 98.3 cm³/mol. The number of carbonyl (C=O) groups is 1. The van der Waals surface area contributed by atoms with Crippen LogP contribution in [0.4, 0.5) is 0 Å². The first-order valence-corrected chi connectivity index (χ1v) is 9.15. The Morgan fingerprint density at radius 2 is 1.88 bits per heavy atom. The van der Waals surface area contributed by atoms with Crippen LogP contribution in [0.5, 0.6) is 0 Å². The van der Waals surface area contributed by atoms with Crippen molar-refractivity contribution in [2.75, 3.05) is 46.4 Å². The maximum absolute atomic E-state index is 12.8. The molecule has 2 aromatic rings. The van der Waals surface area contributed by atoms with Gasteiger partial charge in [-0.1, -0.05) is 18.2 Å². The van der Waals surface area contributed by atoms with E-state index in [0.29, 0.717) is 38.4 Å². The van der Waals surface area contributed by atoms with E-state index in [-0.39, 0.29) is 19.1 Å². The summed E-state index contributed by atoms with van der Waals surface area (Å²) in [4.78, 5) is 15.4. The second kappa shape index (κ2) is 8.18. The monoisotopic (exact) mass is 362 g/mol. The van der Waals surface area contributed by atoms with Gasteiger partial charge in [-0.25, -0.2) is 0 Å². The minimum Gasteiger partial charge on any atom is -0.391 e. The molecule has 4 N–H and O–H groups in total. The molecule has 0 fully saturated rings. The van der Waals surface area contributed by atoms with Crippen molar-refractivity contribution in [2.24, 2.45) is 0 Å². The fourth-order valence-electron chi connectivity index (χ4n) is 3.88. The molecule has 2 heterocycles. The Bertz CT molecular complexity index is 767. The van der Waals surface area contributed by atoms with Gasteiger partial charge in [-0.15, -0.1) is 0 Å². The SMILES string of the molecule is CN1CCc2c(n(CC(O)C[NH+](CCO)CCO)c3ccccc23)C1=O. The number of aliphatic hydroxyl groups excluding tert-OH is 3. The quantitative estimate of drug-likeness (QED) is 0.460. The predicted octanol–water partition coefficient (Wildman–Crippen LogP) is -1.50. The second-order valence-electron chi connectivity index (χ2n) is 6.99.